The maximum Gasteiger partial charge on any atom is 0.339 e. The van der Waals surface area contributed by atoms with Crippen molar-refractivity contribution < 1.29 is 14.6 Å². The SMILES string of the molecule is COc1ccc(-c2c(C)nnn2C)cc1C(=O)O. The summed E-state index contributed by atoms with van der Waals surface area (Å²) >= 11 is 0. The number of carbonyl (C=O) groups is 1. The Kier molecular flexibility index (Phi) is 3.01. The van der Waals surface area contributed by atoms with Crippen molar-refractivity contribution >= 4 is 5.97 Å². The third kappa shape index (κ3) is 1.92. The number of carboxylic acids is 1. The van der Waals surface area contributed by atoms with Crippen molar-refractivity contribution in [1.82, 2.24) is 15.0 Å². The van der Waals surface area contributed by atoms with Gasteiger partial charge in [-0.1, -0.05) is 5.21 Å². The second-order valence-electron chi connectivity index (χ2n) is 3.87. The highest BCUT2D eigenvalue weighted by atomic mass is 16.5. The first-order valence-electron chi connectivity index (χ1n) is 5.32. The minimum Gasteiger partial charge on any atom is -0.496 e. The fourth-order valence-electron chi connectivity index (χ4n) is 1.88. The van der Waals surface area contributed by atoms with Crippen molar-refractivity contribution in [3.05, 3.63) is 29.5 Å². The summed E-state index contributed by atoms with van der Waals surface area (Å²) in [6, 6.07) is 4.98. The molecular weight excluding hydrogens is 234 g/mol. The fourth-order valence-corrected chi connectivity index (χ4v) is 1.88. The number of ether oxygens (including phenoxy) is 1. The van der Waals surface area contributed by atoms with Gasteiger partial charge in [-0.15, -0.1) is 5.10 Å². The van der Waals surface area contributed by atoms with E-state index in [2.05, 4.69) is 10.3 Å². The fraction of sp³-hybridized carbons (Fsp3) is 0.250. The lowest BCUT2D eigenvalue weighted by Gasteiger charge is -2.08. The number of aryl methyl sites for hydroxylation is 2. The van der Waals surface area contributed by atoms with E-state index in [1.165, 1.54) is 7.11 Å². The average molecular weight is 247 g/mol. The lowest BCUT2D eigenvalue weighted by atomic mass is 10.1. The second kappa shape index (κ2) is 4.48. The molecule has 0 bridgehead atoms. The van der Waals surface area contributed by atoms with Crippen LogP contribution in [-0.2, 0) is 7.05 Å². The van der Waals surface area contributed by atoms with Crippen LogP contribution in [0.4, 0.5) is 0 Å². The van der Waals surface area contributed by atoms with E-state index in [0.29, 0.717) is 5.75 Å². The first-order chi connectivity index (χ1) is 8.54. The van der Waals surface area contributed by atoms with Gasteiger partial charge in [-0.25, -0.2) is 9.48 Å². The van der Waals surface area contributed by atoms with Crippen LogP contribution < -0.4 is 4.74 Å². The van der Waals surface area contributed by atoms with Gasteiger partial charge in [0.25, 0.3) is 0 Å². The van der Waals surface area contributed by atoms with Crippen LogP contribution in [0.3, 0.4) is 0 Å². The summed E-state index contributed by atoms with van der Waals surface area (Å²) in [5, 5.41) is 17.0. The van der Waals surface area contributed by atoms with Crippen LogP contribution in [0.1, 0.15) is 16.1 Å². The third-order valence-corrected chi connectivity index (χ3v) is 2.70. The van der Waals surface area contributed by atoms with E-state index in [1.807, 2.05) is 6.92 Å². The van der Waals surface area contributed by atoms with Crippen LogP contribution in [0.2, 0.25) is 0 Å². The third-order valence-electron chi connectivity index (χ3n) is 2.70. The Balaban J connectivity index is 2.61. The molecule has 2 aromatic rings. The van der Waals surface area contributed by atoms with Crippen LogP contribution in [0.5, 0.6) is 5.75 Å². The van der Waals surface area contributed by atoms with E-state index >= 15 is 0 Å². The van der Waals surface area contributed by atoms with Gasteiger partial charge in [0.2, 0.25) is 0 Å². The highest BCUT2D eigenvalue weighted by Crippen LogP contribution is 2.27. The van der Waals surface area contributed by atoms with Gasteiger partial charge >= 0.3 is 5.97 Å². The van der Waals surface area contributed by atoms with E-state index in [9.17, 15) is 4.79 Å². The second-order valence-corrected chi connectivity index (χ2v) is 3.87. The minimum absolute atomic E-state index is 0.121. The zero-order chi connectivity index (χ0) is 13.3. The van der Waals surface area contributed by atoms with E-state index < -0.39 is 5.97 Å². The highest BCUT2D eigenvalue weighted by Gasteiger charge is 2.15. The zero-order valence-corrected chi connectivity index (χ0v) is 10.3. The molecule has 0 amide bonds. The molecule has 0 saturated heterocycles. The standard InChI is InChI=1S/C12H13N3O3/c1-7-11(15(2)14-13-7)8-4-5-10(18-3)9(6-8)12(16)17/h4-6H,1-3H3,(H,16,17). The van der Waals surface area contributed by atoms with E-state index in [0.717, 1.165) is 17.0 Å². The molecule has 1 aromatic heterocycles. The van der Waals surface area contributed by atoms with E-state index in [-0.39, 0.29) is 5.56 Å². The molecule has 18 heavy (non-hydrogen) atoms. The molecule has 0 radical (unpaired) electrons. The Morgan fingerprint density at radius 2 is 2.17 bits per heavy atom. The first kappa shape index (κ1) is 12.1. The summed E-state index contributed by atoms with van der Waals surface area (Å²) in [5.74, 6) is -0.694. The first-order valence-corrected chi connectivity index (χ1v) is 5.32. The van der Waals surface area contributed by atoms with Gasteiger partial charge in [-0.05, 0) is 25.1 Å². The van der Waals surface area contributed by atoms with Gasteiger partial charge in [0.05, 0.1) is 18.5 Å². The maximum atomic E-state index is 11.2. The molecule has 0 aliphatic rings. The van der Waals surface area contributed by atoms with E-state index in [1.54, 1.807) is 29.9 Å². The molecule has 2 rings (SSSR count). The molecule has 1 aromatic carbocycles. The summed E-state index contributed by atoms with van der Waals surface area (Å²) in [7, 11) is 3.21. The number of methoxy groups -OCH3 is 1. The lowest BCUT2D eigenvalue weighted by molar-refractivity contribution is 0.0693. The minimum atomic E-state index is -1.03. The molecule has 0 aliphatic heterocycles. The summed E-state index contributed by atoms with van der Waals surface area (Å²) < 4.78 is 6.63. The Labute approximate surface area is 104 Å². The number of nitrogens with zero attached hydrogens (tertiary/aromatic N) is 3. The number of aromatic nitrogens is 3. The number of rotatable bonds is 3. The van der Waals surface area contributed by atoms with Gasteiger partial charge in [0.15, 0.2) is 0 Å². The van der Waals surface area contributed by atoms with Gasteiger partial charge in [0, 0.05) is 12.6 Å². The smallest absolute Gasteiger partial charge is 0.339 e. The number of hydrogen-bond donors (Lipinski definition) is 1. The molecule has 0 spiro atoms. The van der Waals surface area contributed by atoms with Gasteiger partial charge < -0.3 is 9.84 Å². The zero-order valence-electron chi connectivity index (χ0n) is 10.3. The van der Waals surface area contributed by atoms with Crippen LogP contribution in [0, 0.1) is 6.92 Å². The summed E-state index contributed by atoms with van der Waals surface area (Å²) in [6.45, 7) is 1.83. The van der Waals surface area contributed by atoms with Crippen LogP contribution >= 0.6 is 0 Å². The predicted octanol–water partition coefficient (Wildman–Crippen LogP) is 1.50. The van der Waals surface area contributed by atoms with Crippen molar-refractivity contribution in [2.24, 2.45) is 7.05 Å². The van der Waals surface area contributed by atoms with Gasteiger partial charge in [-0.2, -0.15) is 0 Å². The largest absolute Gasteiger partial charge is 0.496 e. The Hall–Kier alpha value is -2.37. The Bertz CT molecular complexity index is 585. The highest BCUT2D eigenvalue weighted by molar-refractivity contribution is 5.92. The van der Waals surface area contributed by atoms with Crippen LogP contribution in [-0.4, -0.2) is 33.2 Å². The number of aromatic carboxylic acids is 1. The van der Waals surface area contributed by atoms with Crippen molar-refractivity contribution in [3.63, 3.8) is 0 Å². The normalized spacial score (nSPS) is 10.4. The number of carboxylic acid groups (broad SMARTS) is 1. The molecule has 6 heteroatoms. The predicted molar refractivity (Wildman–Crippen MR) is 64.7 cm³/mol. The molecule has 0 aliphatic carbocycles. The van der Waals surface area contributed by atoms with Crippen molar-refractivity contribution in [2.45, 2.75) is 6.92 Å². The molecule has 0 fully saturated rings. The lowest BCUT2D eigenvalue weighted by Crippen LogP contribution is -2.02. The summed E-state index contributed by atoms with van der Waals surface area (Å²) in [4.78, 5) is 11.2. The molecule has 0 saturated carbocycles. The molecule has 1 heterocycles. The number of hydrogen-bond acceptors (Lipinski definition) is 4. The Morgan fingerprint density at radius 3 is 2.67 bits per heavy atom. The maximum absolute atomic E-state index is 11.2. The van der Waals surface area contributed by atoms with Crippen molar-refractivity contribution in [1.29, 1.82) is 0 Å². The van der Waals surface area contributed by atoms with Gasteiger partial charge in [-0.3, -0.25) is 0 Å². The monoisotopic (exact) mass is 247 g/mol. The van der Waals surface area contributed by atoms with Crippen LogP contribution in [0.15, 0.2) is 18.2 Å². The number of benzene rings is 1. The summed E-state index contributed by atoms with van der Waals surface area (Å²) in [6.07, 6.45) is 0. The molecular formula is C12H13N3O3. The molecule has 0 unspecified atom stereocenters. The quantitative estimate of drug-likeness (QED) is 0.889. The molecule has 1 N–H and O–H groups in total. The molecule has 6 nitrogen and oxygen atoms in total. The van der Waals surface area contributed by atoms with Crippen LogP contribution in [0.25, 0.3) is 11.3 Å². The van der Waals surface area contributed by atoms with Gasteiger partial charge in [0.1, 0.15) is 11.3 Å². The van der Waals surface area contributed by atoms with Crippen molar-refractivity contribution in [2.75, 3.05) is 7.11 Å². The van der Waals surface area contributed by atoms with Crippen molar-refractivity contribution in [3.8, 4) is 17.0 Å². The average Bonchev–Trinajstić information content (AvgIpc) is 2.68. The summed E-state index contributed by atoms with van der Waals surface area (Å²) in [5.41, 5.74) is 2.41. The Morgan fingerprint density at radius 1 is 1.44 bits per heavy atom. The molecule has 94 valence electrons. The topological polar surface area (TPSA) is 77.2 Å². The molecule has 0 atom stereocenters. The van der Waals surface area contributed by atoms with E-state index in [4.69, 9.17) is 9.84 Å².